The number of rotatable bonds is 4. The Balaban J connectivity index is 2.14. The molecule has 0 aliphatic carbocycles. The summed E-state index contributed by atoms with van der Waals surface area (Å²) in [7, 11) is 1.76. The van der Waals surface area contributed by atoms with E-state index in [1.165, 1.54) is 0 Å². The van der Waals surface area contributed by atoms with Crippen LogP contribution >= 0.6 is 11.6 Å². The molecule has 1 aromatic heterocycles. The number of imidazole rings is 1. The monoisotopic (exact) mass is 295 g/mol. The van der Waals surface area contributed by atoms with E-state index < -0.39 is 5.97 Å². The fraction of sp³-hybridized carbons (Fsp3) is 0.308. The van der Waals surface area contributed by atoms with Gasteiger partial charge in [0.05, 0.1) is 17.6 Å². The zero-order chi connectivity index (χ0) is 14.7. The number of carbonyl (C=O) groups is 2. The van der Waals surface area contributed by atoms with Gasteiger partial charge in [-0.1, -0.05) is 0 Å². The van der Waals surface area contributed by atoms with Crippen molar-refractivity contribution in [3.63, 3.8) is 0 Å². The van der Waals surface area contributed by atoms with Crippen LogP contribution in [0.1, 0.15) is 17.3 Å². The minimum absolute atomic E-state index is 0.156. The molecule has 20 heavy (non-hydrogen) atoms. The Morgan fingerprint density at radius 1 is 1.45 bits per heavy atom. The summed E-state index contributed by atoms with van der Waals surface area (Å²) in [6.45, 7) is 1.84. The van der Waals surface area contributed by atoms with E-state index in [4.69, 9.17) is 16.3 Å². The zero-order valence-electron chi connectivity index (χ0n) is 11.1. The van der Waals surface area contributed by atoms with E-state index in [9.17, 15) is 9.59 Å². The summed E-state index contributed by atoms with van der Waals surface area (Å²) in [6.07, 6.45) is 0. The lowest BCUT2D eigenvalue weighted by Gasteiger charge is -2.05. The number of aryl methyl sites for hydroxylation is 1. The van der Waals surface area contributed by atoms with Crippen LogP contribution in [-0.4, -0.2) is 34.6 Å². The number of carbonyl (C=O) groups excluding carboxylic acids is 2. The van der Waals surface area contributed by atoms with Crippen molar-refractivity contribution in [1.82, 2.24) is 14.9 Å². The molecule has 2 aromatic rings. The predicted octanol–water partition coefficient (Wildman–Crippen LogP) is 1.52. The molecule has 0 bridgehead atoms. The molecule has 0 unspecified atom stereocenters. The molecule has 7 heteroatoms. The summed E-state index contributed by atoms with van der Waals surface area (Å²) in [5.74, 6) is -0.817. The molecule has 1 heterocycles. The Labute approximate surface area is 120 Å². The van der Waals surface area contributed by atoms with Gasteiger partial charge in [0.15, 0.2) is 0 Å². The van der Waals surface area contributed by atoms with Gasteiger partial charge in [-0.25, -0.2) is 4.98 Å². The molecule has 0 aliphatic rings. The number of hydrogen-bond acceptors (Lipinski definition) is 4. The van der Waals surface area contributed by atoms with Gasteiger partial charge in [0.1, 0.15) is 6.54 Å². The minimum atomic E-state index is -0.467. The number of nitrogens with one attached hydrogen (secondary N) is 1. The van der Waals surface area contributed by atoms with Crippen LogP contribution in [0.25, 0.3) is 11.0 Å². The van der Waals surface area contributed by atoms with Gasteiger partial charge in [0.2, 0.25) is 5.28 Å². The lowest BCUT2D eigenvalue weighted by atomic mass is 10.2. The Morgan fingerprint density at radius 3 is 2.90 bits per heavy atom. The normalized spacial score (nSPS) is 10.6. The van der Waals surface area contributed by atoms with Crippen molar-refractivity contribution in [2.45, 2.75) is 6.92 Å². The van der Waals surface area contributed by atoms with Crippen molar-refractivity contribution in [1.29, 1.82) is 0 Å². The van der Waals surface area contributed by atoms with Crippen LogP contribution < -0.4 is 5.32 Å². The molecule has 2 rings (SSSR count). The molecule has 106 valence electrons. The highest BCUT2D eigenvalue weighted by Crippen LogP contribution is 2.19. The summed E-state index contributed by atoms with van der Waals surface area (Å²) < 4.78 is 6.42. The molecule has 0 saturated carbocycles. The number of benzene rings is 1. The van der Waals surface area contributed by atoms with Crippen molar-refractivity contribution in [3.05, 3.63) is 29.0 Å². The molecular weight excluding hydrogens is 282 g/mol. The van der Waals surface area contributed by atoms with Crippen LogP contribution in [-0.2, 0) is 16.6 Å². The van der Waals surface area contributed by atoms with E-state index in [-0.39, 0.29) is 19.1 Å². The standard InChI is InChI=1S/C13H14ClN3O3/c1-3-20-11(18)7-15-12(19)8-4-5-9-10(6-8)17(2)13(14)16-9/h4-6H,3,7H2,1-2H3,(H,15,19). The molecule has 0 atom stereocenters. The third-order valence-corrected chi connectivity index (χ3v) is 3.13. The average molecular weight is 296 g/mol. The van der Waals surface area contributed by atoms with E-state index in [0.717, 1.165) is 5.52 Å². The van der Waals surface area contributed by atoms with Crippen molar-refractivity contribution < 1.29 is 14.3 Å². The minimum Gasteiger partial charge on any atom is -0.465 e. The van der Waals surface area contributed by atoms with Crippen molar-refractivity contribution in [3.8, 4) is 0 Å². The number of halogens is 1. The Bertz CT molecular complexity index is 666. The number of esters is 1. The molecule has 1 aromatic carbocycles. The number of fused-ring (bicyclic) bond motifs is 1. The Morgan fingerprint density at radius 2 is 2.20 bits per heavy atom. The third kappa shape index (κ3) is 2.91. The maximum absolute atomic E-state index is 11.9. The number of nitrogens with zero attached hydrogens (tertiary/aromatic N) is 2. The quantitative estimate of drug-likeness (QED) is 0.868. The molecule has 0 spiro atoms. The number of aromatic nitrogens is 2. The second kappa shape index (κ2) is 5.92. The third-order valence-electron chi connectivity index (χ3n) is 2.79. The average Bonchev–Trinajstić information content (AvgIpc) is 2.71. The summed E-state index contributed by atoms with van der Waals surface area (Å²) in [6, 6.07) is 5.02. The summed E-state index contributed by atoms with van der Waals surface area (Å²) in [5.41, 5.74) is 1.89. The summed E-state index contributed by atoms with van der Waals surface area (Å²) >= 11 is 5.91. The zero-order valence-corrected chi connectivity index (χ0v) is 11.9. The fourth-order valence-corrected chi connectivity index (χ4v) is 1.95. The van der Waals surface area contributed by atoms with Crippen LogP contribution in [0.4, 0.5) is 0 Å². The van der Waals surface area contributed by atoms with Gasteiger partial charge in [0, 0.05) is 12.6 Å². The highest BCUT2D eigenvalue weighted by molar-refractivity contribution is 6.29. The molecular formula is C13H14ClN3O3. The van der Waals surface area contributed by atoms with E-state index in [2.05, 4.69) is 10.3 Å². The second-order valence-corrected chi connectivity index (χ2v) is 4.47. The summed E-state index contributed by atoms with van der Waals surface area (Å²) in [5, 5.41) is 2.85. The molecule has 0 radical (unpaired) electrons. The topological polar surface area (TPSA) is 73.2 Å². The van der Waals surface area contributed by atoms with Gasteiger partial charge in [-0.05, 0) is 36.7 Å². The SMILES string of the molecule is CCOC(=O)CNC(=O)c1ccc2nc(Cl)n(C)c2c1. The molecule has 0 saturated heterocycles. The first-order chi connectivity index (χ1) is 9.52. The van der Waals surface area contributed by atoms with Crippen molar-refractivity contribution in [2.75, 3.05) is 13.2 Å². The predicted molar refractivity (Wildman–Crippen MR) is 74.7 cm³/mol. The van der Waals surface area contributed by atoms with Crippen LogP contribution in [0.5, 0.6) is 0 Å². The number of hydrogen-bond donors (Lipinski definition) is 1. The second-order valence-electron chi connectivity index (χ2n) is 4.13. The van der Waals surface area contributed by atoms with Gasteiger partial charge < -0.3 is 14.6 Å². The molecule has 1 amide bonds. The van der Waals surface area contributed by atoms with Crippen LogP contribution in [0.2, 0.25) is 5.28 Å². The van der Waals surface area contributed by atoms with Crippen LogP contribution in [0.3, 0.4) is 0 Å². The van der Waals surface area contributed by atoms with Crippen LogP contribution in [0, 0.1) is 0 Å². The molecule has 0 aliphatic heterocycles. The molecule has 1 N–H and O–H groups in total. The Hall–Kier alpha value is -2.08. The summed E-state index contributed by atoms with van der Waals surface area (Å²) in [4.78, 5) is 27.2. The Kier molecular flexibility index (Phi) is 4.24. The first-order valence-corrected chi connectivity index (χ1v) is 6.46. The fourth-order valence-electron chi connectivity index (χ4n) is 1.77. The van der Waals surface area contributed by atoms with E-state index in [0.29, 0.717) is 16.4 Å². The van der Waals surface area contributed by atoms with E-state index >= 15 is 0 Å². The lowest BCUT2D eigenvalue weighted by molar-refractivity contribution is -0.141. The maximum atomic E-state index is 11.9. The number of ether oxygens (including phenoxy) is 1. The highest BCUT2D eigenvalue weighted by Gasteiger charge is 2.12. The van der Waals surface area contributed by atoms with Crippen LogP contribution in [0.15, 0.2) is 18.2 Å². The van der Waals surface area contributed by atoms with E-state index in [1.54, 1.807) is 36.7 Å². The highest BCUT2D eigenvalue weighted by atomic mass is 35.5. The first kappa shape index (κ1) is 14.3. The lowest BCUT2D eigenvalue weighted by Crippen LogP contribution is -2.30. The van der Waals surface area contributed by atoms with Crippen molar-refractivity contribution in [2.24, 2.45) is 7.05 Å². The largest absolute Gasteiger partial charge is 0.465 e. The number of amides is 1. The van der Waals surface area contributed by atoms with Gasteiger partial charge in [-0.15, -0.1) is 0 Å². The first-order valence-electron chi connectivity index (χ1n) is 6.08. The van der Waals surface area contributed by atoms with Crippen molar-refractivity contribution >= 4 is 34.5 Å². The maximum Gasteiger partial charge on any atom is 0.325 e. The molecule has 6 nitrogen and oxygen atoms in total. The van der Waals surface area contributed by atoms with Gasteiger partial charge in [-0.2, -0.15) is 0 Å². The smallest absolute Gasteiger partial charge is 0.325 e. The van der Waals surface area contributed by atoms with Gasteiger partial charge >= 0.3 is 5.97 Å². The van der Waals surface area contributed by atoms with E-state index in [1.807, 2.05) is 0 Å². The van der Waals surface area contributed by atoms with Gasteiger partial charge in [-0.3, -0.25) is 9.59 Å². The molecule has 0 fully saturated rings. The van der Waals surface area contributed by atoms with Gasteiger partial charge in [0.25, 0.3) is 5.91 Å².